The summed E-state index contributed by atoms with van der Waals surface area (Å²) in [6, 6.07) is 3.82. The third-order valence-corrected chi connectivity index (χ3v) is 6.86. The van der Waals surface area contributed by atoms with Gasteiger partial charge in [-0.3, -0.25) is 9.78 Å². The molecule has 0 bridgehead atoms. The lowest BCUT2D eigenvalue weighted by Crippen LogP contribution is -2.44. The number of aromatic nitrogens is 1. The Kier molecular flexibility index (Phi) is 7.52. The Hall–Kier alpha value is -2.21. The molecule has 3 rings (SSSR count). The lowest BCUT2D eigenvalue weighted by Gasteiger charge is -2.36. The maximum atomic E-state index is 14.6. The Morgan fingerprint density at radius 2 is 2.03 bits per heavy atom. The molecule has 1 fully saturated rings. The highest BCUT2D eigenvalue weighted by Crippen LogP contribution is 2.33. The van der Waals surface area contributed by atoms with Gasteiger partial charge < -0.3 is 14.7 Å². The number of alkyl halides is 1. The van der Waals surface area contributed by atoms with Gasteiger partial charge in [-0.25, -0.2) is 4.39 Å². The number of ether oxygens (including phenoxy) is 1. The fraction of sp³-hybridized carbons (Fsp3) is 0.600. The van der Waals surface area contributed by atoms with Crippen LogP contribution in [0.3, 0.4) is 0 Å². The first-order valence-corrected chi connectivity index (χ1v) is 11.4. The van der Waals surface area contributed by atoms with Crippen LogP contribution in [0, 0.1) is 11.3 Å². The molecule has 0 aromatic carbocycles. The number of carboxylic acids is 1. The van der Waals surface area contributed by atoms with Crippen molar-refractivity contribution in [1.29, 1.82) is 0 Å². The van der Waals surface area contributed by atoms with Crippen molar-refractivity contribution in [3.63, 3.8) is 0 Å². The van der Waals surface area contributed by atoms with Crippen molar-refractivity contribution in [3.05, 3.63) is 42.3 Å². The topological polar surface area (TPSA) is 62.7 Å². The molecule has 1 aromatic heterocycles. The van der Waals surface area contributed by atoms with Crippen LogP contribution < -0.4 is 4.74 Å². The molecule has 0 saturated carbocycles. The van der Waals surface area contributed by atoms with E-state index in [0.717, 1.165) is 42.9 Å². The Bertz CT molecular complexity index is 809. The summed E-state index contributed by atoms with van der Waals surface area (Å²) < 4.78 is 20.6. The van der Waals surface area contributed by atoms with Crippen molar-refractivity contribution in [1.82, 2.24) is 9.88 Å². The van der Waals surface area contributed by atoms with Crippen LogP contribution in [0.1, 0.15) is 58.6 Å². The van der Waals surface area contributed by atoms with Crippen LogP contribution in [0.4, 0.5) is 4.39 Å². The second-order valence-corrected chi connectivity index (χ2v) is 9.19. The highest BCUT2D eigenvalue weighted by atomic mass is 19.1. The largest absolute Gasteiger partial charge is 0.492 e. The van der Waals surface area contributed by atoms with Gasteiger partial charge in [0.15, 0.2) is 0 Å². The molecule has 31 heavy (non-hydrogen) atoms. The van der Waals surface area contributed by atoms with Gasteiger partial charge in [0, 0.05) is 6.54 Å². The quantitative estimate of drug-likeness (QED) is 0.588. The van der Waals surface area contributed by atoms with Crippen molar-refractivity contribution >= 4 is 11.5 Å². The summed E-state index contributed by atoms with van der Waals surface area (Å²) in [4.78, 5) is 18.1. The maximum absolute atomic E-state index is 14.6. The molecule has 1 unspecified atom stereocenters. The molecule has 1 aromatic rings. The second-order valence-electron chi connectivity index (χ2n) is 9.19. The highest BCUT2D eigenvalue weighted by Gasteiger charge is 2.32. The maximum Gasteiger partial charge on any atom is 0.313 e. The third-order valence-electron chi connectivity index (χ3n) is 6.86. The minimum Gasteiger partial charge on any atom is -0.492 e. The number of nitrogens with zero attached hydrogens (tertiary/aromatic N) is 2. The van der Waals surface area contributed by atoms with Gasteiger partial charge in [0.25, 0.3) is 0 Å². The molecule has 1 atom stereocenters. The number of piperidine rings is 1. The van der Waals surface area contributed by atoms with Crippen LogP contribution in [0.15, 0.2) is 36.6 Å². The molecule has 2 aliphatic rings. The van der Waals surface area contributed by atoms with Crippen LogP contribution in [-0.4, -0.2) is 52.9 Å². The van der Waals surface area contributed by atoms with Gasteiger partial charge in [0.1, 0.15) is 11.4 Å². The number of allylic oxidation sites excluding steroid dienone is 3. The van der Waals surface area contributed by atoms with E-state index < -0.39 is 17.1 Å². The first-order valence-electron chi connectivity index (χ1n) is 11.4. The third kappa shape index (κ3) is 5.94. The van der Waals surface area contributed by atoms with E-state index >= 15 is 0 Å². The van der Waals surface area contributed by atoms with Crippen molar-refractivity contribution < 1.29 is 19.0 Å². The number of halogens is 1. The van der Waals surface area contributed by atoms with Crippen molar-refractivity contribution in [2.75, 3.05) is 26.2 Å². The first-order chi connectivity index (χ1) is 14.8. The standard InChI is InChI=1S/C25H35FN2O3/c1-4-25(26,5-2)18-28-14-10-19(11-15-28)17-31-21-6-7-22(27-16-21)20-8-12-24(3,13-9-20)23(29)30/h6-9,12,16,19H,4-5,10-11,13-15,17-18H2,1-3H3,(H,29,30). The van der Waals surface area contributed by atoms with E-state index in [2.05, 4.69) is 9.88 Å². The smallest absolute Gasteiger partial charge is 0.313 e. The van der Waals surface area contributed by atoms with Crippen LogP contribution in [-0.2, 0) is 4.79 Å². The number of likely N-dealkylation sites (tertiary alicyclic amines) is 1. The van der Waals surface area contributed by atoms with Gasteiger partial charge >= 0.3 is 5.97 Å². The summed E-state index contributed by atoms with van der Waals surface area (Å²) in [6.07, 6.45) is 10.9. The van der Waals surface area contributed by atoms with Gasteiger partial charge in [-0.2, -0.15) is 0 Å². The van der Waals surface area contributed by atoms with E-state index in [-0.39, 0.29) is 0 Å². The van der Waals surface area contributed by atoms with Crippen LogP contribution in [0.2, 0.25) is 0 Å². The fourth-order valence-corrected chi connectivity index (χ4v) is 4.12. The average molecular weight is 431 g/mol. The van der Waals surface area contributed by atoms with Crippen LogP contribution in [0.25, 0.3) is 5.57 Å². The van der Waals surface area contributed by atoms with Crippen molar-refractivity contribution in [2.45, 2.75) is 58.5 Å². The number of rotatable bonds is 9. The first kappa shape index (κ1) is 23.5. The summed E-state index contributed by atoms with van der Waals surface area (Å²) >= 11 is 0. The average Bonchev–Trinajstić information content (AvgIpc) is 2.79. The lowest BCUT2D eigenvalue weighted by molar-refractivity contribution is -0.145. The molecule has 0 spiro atoms. The minimum atomic E-state index is -1.06. The fourth-order valence-electron chi connectivity index (χ4n) is 4.12. The van der Waals surface area contributed by atoms with Gasteiger partial charge in [-0.05, 0) is 75.7 Å². The number of carbonyl (C=O) groups is 1. The van der Waals surface area contributed by atoms with E-state index in [4.69, 9.17) is 4.74 Å². The van der Waals surface area contributed by atoms with Crippen LogP contribution in [0.5, 0.6) is 5.75 Å². The molecule has 1 saturated heterocycles. The van der Waals surface area contributed by atoms with E-state index in [0.29, 0.717) is 38.3 Å². The Morgan fingerprint density at radius 1 is 1.32 bits per heavy atom. The Balaban J connectivity index is 1.45. The van der Waals surface area contributed by atoms with E-state index in [1.165, 1.54) is 0 Å². The molecule has 5 nitrogen and oxygen atoms in total. The highest BCUT2D eigenvalue weighted by molar-refractivity contribution is 5.82. The Morgan fingerprint density at radius 3 is 2.55 bits per heavy atom. The van der Waals surface area contributed by atoms with Crippen LogP contribution >= 0.6 is 0 Å². The zero-order chi connectivity index (χ0) is 22.5. The summed E-state index contributed by atoms with van der Waals surface area (Å²) in [5, 5.41) is 9.31. The zero-order valence-corrected chi connectivity index (χ0v) is 18.9. The van der Waals surface area contributed by atoms with E-state index in [9.17, 15) is 14.3 Å². The zero-order valence-electron chi connectivity index (χ0n) is 18.9. The summed E-state index contributed by atoms with van der Waals surface area (Å²) in [6.45, 7) is 8.61. The monoisotopic (exact) mass is 430 g/mol. The van der Waals surface area contributed by atoms with Crippen molar-refractivity contribution in [2.24, 2.45) is 11.3 Å². The predicted molar refractivity (Wildman–Crippen MR) is 121 cm³/mol. The number of aliphatic carboxylic acids is 1. The summed E-state index contributed by atoms with van der Waals surface area (Å²) in [5.41, 5.74) is -0.168. The van der Waals surface area contributed by atoms with Gasteiger partial charge in [-0.15, -0.1) is 0 Å². The number of pyridine rings is 1. The summed E-state index contributed by atoms with van der Waals surface area (Å²) in [5.74, 6) is 0.397. The molecule has 0 radical (unpaired) electrons. The van der Waals surface area contributed by atoms with Gasteiger partial charge in [-0.1, -0.05) is 32.1 Å². The van der Waals surface area contributed by atoms with Gasteiger partial charge in [0.05, 0.1) is 23.9 Å². The molecule has 1 N–H and O–H groups in total. The molecule has 2 heterocycles. The normalized spacial score (nSPS) is 22.9. The van der Waals surface area contributed by atoms with Crippen molar-refractivity contribution in [3.8, 4) is 5.75 Å². The minimum absolute atomic E-state index is 0.451. The molecule has 6 heteroatoms. The van der Waals surface area contributed by atoms with E-state index in [1.807, 2.05) is 38.1 Å². The summed E-state index contributed by atoms with van der Waals surface area (Å²) in [7, 11) is 0. The SMILES string of the molecule is CCC(F)(CC)CN1CCC(COc2ccc(C3=CCC(C)(C(=O)O)C=C3)nc2)CC1. The molecule has 1 aliphatic heterocycles. The predicted octanol–water partition coefficient (Wildman–Crippen LogP) is 5.13. The molecular formula is C25H35FN2O3. The second kappa shape index (κ2) is 9.94. The molecular weight excluding hydrogens is 395 g/mol. The Labute approximate surface area is 185 Å². The molecule has 1 aliphatic carbocycles. The molecule has 170 valence electrons. The lowest BCUT2D eigenvalue weighted by atomic mass is 9.81. The number of hydrogen-bond acceptors (Lipinski definition) is 4. The number of carboxylic acid groups (broad SMARTS) is 1. The van der Waals surface area contributed by atoms with E-state index in [1.54, 1.807) is 19.2 Å². The molecule has 0 amide bonds. The van der Waals surface area contributed by atoms with Gasteiger partial charge in [0.2, 0.25) is 0 Å². The number of hydrogen-bond donors (Lipinski definition) is 1.